The number of anilines is 1. The fourth-order valence-corrected chi connectivity index (χ4v) is 4.15. The number of carbonyl (C=O) groups is 1. The van der Waals surface area contributed by atoms with E-state index in [-0.39, 0.29) is 27.7 Å². The minimum atomic E-state index is -3.94. The summed E-state index contributed by atoms with van der Waals surface area (Å²) in [4.78, 5) is 25.0. The first kappa shape index (κ1) is 19.8. The second-order valence-corrected chi connectivity index (χ2v) is 8.48. The number of rotatable bonds is 5. The summed E-state index contributed by atoms with van der Waals surface area (Å²) in [5.41, 5.74) is 0.640. The summed E-state index contributed by atoms with van der Waals surface area (Å²) in [5, 5.41) is 11.3. The molecule has 0 saturated carbocycles. The van der Waals surface area contributed by atoms with Gasteiger partial charge in [-0.3, -0.25) is 19.6 Å². The Bertz CT molecular complexity index is 997. The number of sulfonamides is 1. The smallest absolute Gasteiger partial charge is 0.272 e. The SMILES string of the molecule is Cc1ccc(S(=O)(=O)Nc2cc(C(=O)N3CCCCC3)cc([N+](=O)[O-])c2)cc1. The first-order valence-electron chi connectivity index (χ1n) is 8.94. The van der Waals surface area contributed by atoms with Gasteiger partial charge >= 0.3 is 0 Å². The van der Waals surface area contributed by atoms with Gasteiger partial charge in [0.25, 0.3) is 21.6 Å². The number of hydrogen-bond donors (Lipinski definition) is 1. The van der Waals surface area contributed by atoms with E-state index >= 15 is 0 Å². The summed E-state index contributed by atoms with van der Waals surface area (Å²) in [7, 11) is -3.94. The molecular weight excluding hydrogens is 382 g/mol. The average Bonchev–Trinajstić information content (AvgIpc) is 2.67. The van der Waals surface area contributed by atoms with E-state index in [4.69, 9.17) is 0 Å². The molecular formula is C19H21N3O5S. The molecule has 148 valence electrons. The van der Waals surface area contributed by atoms with Gasteiger partial charge in [-0.1, -0.05) is 17.7 Å². The lowest BCUT2D eigenvalue weighted by molar-refractivity contribution is -0.384. The lowest BCUT2D eigenvalue weighted by Gasteiger charge is -2.26. The molecule has 2 aromatic rings. The highest BCUT2D eigenvalue weighted by Crippen LogP contribution is 2.25. The molecule has 1 amide bonds. The summed E-state index contributed by atoms with van der Waals surface area (Å²) < 4.78 is 27.5. The Labute approximate surface area is 163 Å². The number of amides is 1. The Morgan fingerprint density at radius 1 is 1.07 bits per heavy atom. The van der Waals surface area contributed by atoms with Crippen LogP contribution in [-0.4, -0.2) is 37.2 Å². The van der Waals surface area contributed by atoms with Gasteiger partial charge in [-0.05, 0) is 44.4 Å². The monoisotopic (exact) mass is 403 g/mol. The molecule has 8 nitrogen and oxygen atoms in total. The maximum atomic E-state index is 12.7. The molecule has 0 spiro atoms. The zero-order valence-electron chi connectivity index (χ0n) is 15.4. The Morgan fingerprint density at radius 2 is 1.71 bits per heavy atom. The molecule has 28 heavy (non-hydrogen) atoms. The number of non-ortho nitro benzene ring substituents is 1. The van der Waals surface area contributed by atoms with Crippen LogP contribution >= 0.6 is 0 Å². The van der Waals surface area contributed by atoms with Gasteiger partial charge in [0.05, 0.1) is 15.5 Å². The largest absolute Gasteiger partial charge is 0.339 e. The number of likely N-dealkylation sites (tertiary alicyclic amines) is 1. The van der Waals surface area contributed by atoms with Crippen molar-refractivity contribution in [1.82, 2.24) is 4.90 Å². The minimum absolute atomic E-state index is 0.0184. The van der Waals surface area contributed by atoms with Crippen molar-refractivity contribution in [3.8, 4) is 0 Å². The van der Waals surface area contributed by atoms with Crippen LogP contribution in [0.4, 0.5) is 11.4 Å². The minimum Gasteiger partial charge on any atom is -0.339 e. The van der Waals surface area contributed by atoms with Crippen LogP contribution in [0.15, 0.2) is 47.4 Å². The third kappa shape index (κ3) is 4.48. The molecule has 0 radical (unpaired) electrons. The van der Waals surface area contributed by atoms with Crippen molar-refractivity contribution in [1.29, 1.82) is 0 Å². The van der Waals surface area contributed by atoms with Crippen LogP contribution in [0, 0.1) is 17.0 Å². The number of hydrogen-bond acceptors (Lipinski definition) is 5. The van der Waals surface area contributed by atoms with Crippen LogP contribution in [0.25, 0.3) is 0 Å². The first-order valence-corrected chi connectivity index (χ1v) is 10.4. The van der Waals surface area contributed by atoms with Crippen LogP contribution in [0.2, 0.25) is 0 Å². The van der Waals surface area contributed by atoms with Crippen molar-refractivity contribution in [3.63, 3.8) is 0 Å². The van der Waals surface area contributed by atoms with Crippen molar-refractivity contribution >= 4 is 27.3 Å². The molecule has 2 aromatic carbocycles. The van der Waals surface area contributed by atoms with E-state index < -0.39 is 14.9 Å². The number of nitro benzene ring substituents is 1. The predicted octanol–water partition coefficient (Wildman–Crippen LogP) is 3.33. The molecule has 1 heterocycles. The van der Waals surface area contributed by atoms with Crippen molar-refractivity contribution < 1.29 is 18.1 Å². The highest BCUT2D eigenvalue weighted by atomic mass is 32.2. The third-order valence-corrected chi connectivity index (χ3v) is 6.00. The van der Waals surface area contributed by atoms with Gasteiger partial charge in [0.1, 0.15) is 0 Å². The van der Waals surface area contributed by atoms with E-state index in [1.165, 1.54) is 24.3 Å². The molecule has 0 aromatic heterocycles. The highest BCUT2D eigenvalue weighted by Gasteiger charge is 2.23. The molecule has 1 aliphatic heterocycles. The molecule has 0 bridgehead atoms. The van der Waals surface area contributed by atoms with Gasteiger partial charge in [0.15, 0.2) is 0 Å². The van der Waals surface area contributed by atoms with Crippen molar-refractivity contribution in [2.45, 2.75) is 31.1 Å². The first-order chi connectivity index (χ1) is 13.3. The quantitative estimate of drug-likeness (QED) is 0.608. The number of piperidine rings is 1. The van der Waals surface area contributed by atoms with Gasteiger partial charge in [-0.15, -0.1) is 0 Å². The summed E-state index contributed by atoms with van der Waals surface area (Å²) >= 11 is 0. The number of nitrogens with zero attached hydrogens (tertiary/aromatic N) is 2. The van der Waals surface area contributed by atoms with Crippen LogP contribution in [0.3, 0.4) is 0 Å². The Hall–Kier alpha value is -2.94. The Kier molecular flexibility index (Phi) is 5.64. The Balaban J connectivity index is 1.94. The maximum Gasteiger partial charge on any atom is 0.272 e. The van der Waals surface area contributed by atoms with E-state index in [0.717, 1.165) is 30.9 Å². The van der Waals surface area contributed by atoms with Gasteiger partial charge in [-0.2, -0.15) is 0 Å². The molecule has 1 saturated heterocycles. The maximum absolute atomic E-state index is 12.7. The lowest BCUT2D eigenvalue weighted by atomic mass is 10.1. The summed E-state index contributed by atoms with van der Waals surface area (Å²) in [6.45, 7) is 3.01. The number of aryl methyl sites for hydroxylation is 1. The van der Waals surface area contributed by atoms with E-state index in [0.29, 0.717) is 13.1 Å². The van der Waals surface area contributed by atoms with Gasteiger partial charge in [-0.25, -0.2) is 8.42 Å². The molecule has 3 rings (SSSR count). The van der Waals surface area contributed by atoms with Gasteiger partial charge in [0, 0.05) is 30.8 Å². The van der Waals surface area contributed by atoms with Crippen LogP contribution in [0.5, 0.6) is 0 Å². The summed E-state index contributed by atoms with van der Waals surface area (Å²) in [5.74, 6) is -0.334. The standard InChI is InChI=1S/C19H21N3O5S/c1-14-5-7-18(8-6-14)28(26,27)20-16-11-15(12-17(13-16)22(24)25)19(23)21-9-3-2-4-10-21/h5-8,11-13,20H,2-4,9-10H2,1H3. The fourth-order valence-electron chi connectivity index (χ4n) is 3.11. The van der Waals surface area contributed by atoms with E-state index in [1.807, 2.05) is 6.92 Å². The van der Waals surface area contributed by atoms with Crippen molar-refractivity contribution in [2.24, 2.45) is 0 Å². The normalized spacial score (nSPS) is 14.5. The molecule has 9 heteroatoms. The summed E-state index contributed by atoms with van der Waals surface area (Å²) in [6.07, 6.45) is 2.81. The predicted molar refractivity (Wildman–Crippen MR) is 105 cm³/mol. The number of carbonyl (C=O) groups excluding carboxylic acids is 1. The molecule has 0 aliphatic carbocycles. The zero-order valence-corrected chi connectivity index (χ0v) is 16.2. The van der Waals surface area contributed by atoms with Crippen LogP contribution in [-0.2, 0) is 10.0 Å². The molecule has 1 aliphatic rings. The fraction of sp³-hybridized carbons (Fsp3) is 0.316. The number of benzene rings is 2. The Morgan fingerprint density at radius 3 is 2.32 bits per heavy atom. The number of nitrogens with one attached hydrogen (secondary N) is 1. The second-order valence-electron chi connectivity index (χ2n) is 6.80. The topological polar surface area (TPSA) is 110 Å². The van der Waals surface area contributed by atoms with Gasteiger partial charge in [0.2, 0.25) is 0 Å². The van der Waals surface area contributed by atoms with Crippen molar-refractivity contribution in [3.05, 3.63) is 63.7 Å². The van der Waals surface area contributed by atoms with Crippen LogP contribution in [0.1, 0.15) is 35.2 Å². The zero-order chi connectivity index (χ0) is 20.3. The summed E-state index contributed by atoms with van der Waals surface area (Å²) in [6, 6.07) is 9.86. The third-order valence-electron chi connectivity index (χ3n) is 4.60. The average molecular weight is 403 g/mol. The van der Waals surface area contributed by atoms with Crippen molar-refractivity contribution in [2.75, 3.05) is 17.8 Å². The van der Waals surface area contributed by atoms with Crippen LogP contribution < -0.4 is 4.72 Å². The molecule has 0 unspecified atom stereocenters. The lowest BCUT2D eigenvalue weighted by Crippen LogP contribution is -2.35. The van der Waals surface area contributed by atoms with Gasteiger partial charge < -0.3 is 4.90 Å². The molecule has 0 atom stereocenters. The molecule has 1 fully saturated rings. The van der Waals surface area contributed by atoms with E-state index in [2.05, 4.69) is 4.72 Å². The molecule has 1 N–H and O–H groups in total. The van der Waals surface area contributed by atoms with E-state index in [1.54, 1.807) is 17.0 Å². The number of nitro groups is 1. The van der Waals surface area contributed by atoms with E-state index in [9.17, 15) is 23.3 Å². The highest BCUT2D eigenvalue weighted by molar-refractivity contribution is 7.92. The second kappa shape index (κ2) is 7.97.